The van der Waals surface area contributed by atoms with Gasteiger partial charge in [-0.2, -0.15) is 5.10 Å². The molecular formula is C6H7F2N3. The molecule has 0 aromatic carbocycles. The van der Waals surface area contributed by atoms with Gasteiger partial charge in [0.15, 0.2) is 0 Å². The van der Waals surface area contributed by atoms with Crippen LogP contribution < -0.4 is 0 Å². The van der Waals surface area contributed by atoms with Crippen LogP contribution in [0.15, 0.2) is 6.33 Å². The molecule has 1 heterocycles. The Morgan fingerprint density at radius 2 is 2.27 bits per heavy atom. The molecule has 1 saturated carbocycles. The monoisotopic (exact) mass is 159 g/mol. The van der Waals surface area contributed by atoms with E-state index in [1.54, 1.807) is 0 Å². The zero-order chi connectivity index (χ0) is 7.90. The van der Waals surface area contributed by atoms with Gasteiger partial charge in [-0.05, 0) is 0 Å². The number of nitrogens with zero attached hydrogens (tertiary/aromatic N) is 2. The van der Waals surface area contributed by atoms with Gasteiger partial charge in [0.1, 0.15) is 12.2 Å². The number of hydrogen-bond donors (Lipinski definition) is 1. The number of halogens is 2. The number of nitrogens with one attached hydrogen (secondary N) is 1. The van der Waals surface area contributed by atoms with E-state index in [0.717, 1.165) is 0 Å². The van der Waals surface area contributed by atoms with Crippen molar-refractivity contribution >= 4 is 0 Å². The fraction of sp³-hybridized carbons (Fsp3) is 0.667. The zero-order valence-corrected chi connectivity index (χ0v) is 5.72. The lowest BCUT2D eigenvalue weighted by atomic mass is 9.81. The van der Waals surface area contributed by atoms with E-state index in [9.17, 15) is 8.78 Å². The number of aromatic nitrogens is 3. The highest BCUT2D eigenvalue weighted by Gasteiger charge is 2.47. The maximum Gasteiger partial charge on any atom is 0.249 e. The van der Waals surface area contributed by atoms with Crippen LogP contribution in [0.2, 0.25) is 0 Å². The predicted molar refractivity (Wildman–Crippen MR) is 33.3 cm³/mol. The molecule has 0 spiro atoms. The molecule has 0 radical (unpaired) electrons. The van der Waals surface area contributed by atoms with E-state index in [1.165, 1.54) is 6.33 Å². The van der Waals surface area contributed by atoms with Crippen molar-refractivity contribution < 1.29 is 8.78 Å². The fourth-order valence-corrected chi connectivity index (χ4v) is 1.27. The third kappa shape index (κ3) is 1.10. The Kier molecular flexibility index (Phi) is 1.21. The third-order valence-electron chi connectivity index (χ3n) is 1.91. The second kappa shape index (κ2) is 1.99. The van der Waals surface area contributed by atoms with Gasteiger partial charge in [0.2, 0.25) is 5.92 Å². The third-order valence-corrected chi connectivity index (χ3v) is 1.91. The molecule has 1 fully saturated rings. The molecule has 0 bridgehead atoms. The minimum Gasteiger partial charge on any atom is -0.263 e. The summed E-state index contributed by atoms with van der Waals surface area (Å²) >= 11 is 0. The first kappa shape index (κ1) is 6.69. The normalized spacial score (nSPS) is 23.1. The average molecular weight is 159 g/mol. The largest absolute Gasteiger partial charge is 0.263 e. The van der Waals surface area contributed by atoms with Gasteiger partial charge in [0.25, 0.3) is 0 Å². The van der Waals surface area contributed by atoms with E-state index in [-0.39, 0.29) is 18.8 Å². The SMILES string of the molecule is FC1(F)CC(c2ncn[nH]2)C1. The minimum absolute atomic E-state index is 0.0950. The number of alkyl halides is 2. The van der Waals surface area contributed by atoms with E-state index in [1.807, 2.05) is 0 Å². The Hall–Kier alpha value is -1.00. The van der Waals surface area contributed by atoms with Crippen molar-refractivity contribution in [3.63, 3.8) is 0 Å². The quantitative estimate of drug-likeness (QED) is 0.671. The van der Waals surface area contributed by atoms with Crippen molar-refractivity contribution in [3.8, 4) is 0 Å². The number of rotatable bonds is 1. The first-order chi connectivity index (χ1) is 5.17. The Labute approximate surface area is 61.8 Å². The Bertz CT molecular complexity index is 236. The Balaban J connectivity index is 2.03. The van der Waals surface area contributed by atoms with Crippen LogP contribution in [0, 0.1) is 0 Å². The summed E-state index contributed by atoms with van der Waals surface area (Å²) in [5, 5.41) is 6.17. The lowest BCUT2D eigenvalue weighted by Crippen LogP contribution is -2.34. The predicted octanol–water partition coefficient (Wildman–Crippen LogP) is 1.32. The molecular weight excluding hydrogens is 152 g/mol. The maximum atomic E-state index is 12.3. The molecule has 0 unspecified atom stereocenters. The molecule has 0 amide bonds. The van der Waals surface area contributed by atoms with Crippen molar-refractivity contribution in [2.75, 3.05) is 0 Å². The topological polar surface area (TPSA) is 41.6 Å². The van der Waals surface area contributed by atoms with Gasteiger partial charge >= 0.3 is 0 Å². The molecule has 60 valence electrons. The van der Waals surface area contributed by atoms with Gasteiger partial charge < -0.3 is 0 Å². The van der Waals surface area contributed by atoms with Gasteiger partial charge in [-0.15, -0.1) is 0 Å². The maximum absolute atomic E-state index is 12.3. The molecule has 3 nitrogen and oxygen atoms in total. The van der Waals surface area contributed by atoms with Crippen molar-refractivity contribution in [1.29, 1.82) is 0 Å². The summed E-state index contributed by atoms with van der Waals surface area (Å²) in [6.07, 6.45) is 1.15. The van der Waals surface area contributed by atoms with Crippen molar-refractivity contribution in [2.24, 2.45) is 0 Å². The molecule has 0 saturated heterocycles. The van der Waals surface area contributed by atoms with Gasteiger partial charge in [0, 0.05) is 18.8 Å². The highest BCUT2D eigenvalue weighted by molar-refractivity contribution is 5.04. The first-order valence-corrected chi connectivity index (χ1v) is 3.40. The summed E-state index contributed by atoms with van der Waals surface area (Å²) in [6.45, 7) is 0. The lowest BCUT2D eigenvalue weighted by molar-refractivity contribution is -0.0884. The van der Waals surface area contributed by atoms with Crippen LogP contribution >= 0.6 is 0 Å². The van der Waals surface area contributed by atoms with Crippen LogP contribution in [0.1, 0.15) is 24.6 Å². The van der Waals surface area contributed by atoms with Crippen LogP contribution in [-0.4, -0.2) is 21.1 Å². The lowest BCUT2D eigenvalue weighted by Gasteiger charge is -2.32. The summed E-state index contributed by atoms with van der Waals surface area (Å²) in [5.41, 5.74) is 0. The minimum atomic E-state index is -2.47. The second-order valence-electron chi connectivity index (χ2n) is 2.83. The van der Waals surface area contributed by atoms with E-state index >= 15 is 0 Å². The molecule has 1 aromatic heterocycles. The molecule has 1 aliphatic carbocycles. The standard InChI is InChI=1S/C6H7F2N3/c7-6(8)1-4(2-6)5-9-3-10-11-5/h3-4H,1-2H2,(H,9,10,11). The van der Waals surface area contributed by atoms with Crippen LogP contribution in [0.25, 0.3) is 0 Å². The molecule has 0 atom stereocenters. The smallest absolute Gasteiger partial charge is 0.249 e. The molecule has 1 aromatic rings. The second-order valence-corrected chi connectivity index (χ2v) is 2.83. The molecule has 0 aliphatic heterocycles. The first-order valence-electron chi connectivity index (χ1n) is 3.40. The van der Waals surface area contributed by atoms with E-state index in [0.29, 0.717) is 5.82 Å². The molecule has 1 aliphatic rings. The molecule has 5 heteroatoms. The highest BCUT2D eigenvalue weighted by Crippen LogP contribution is 2.46. The number of H-pyrrole nitrogens is 1. The van der Waals surface area contributed by atoms with Crippen molar-refractivity contribution in [2.45, 2.75) is 24.7 Å². The average Bonchev–Trinajstić information content (AvgIpc) is 2.32. The summed E-state index contributed by atoms with van der Waals surface area (Å²) in [5.74, 6) is -2.01. The molecule has 11 heavy (non-hydrogen) atoms. The Morgan fingerprint density at radius 1 is 1.55 bits per heavy atom. The summed E-state index contributed by atoms with van der Waals surface area (Å²) in [7, 11) is 0. The Morgan fingerprint density at radius 3 is 2.73 bits per heavy atom. The zero-order valence-electron chi connectivity index (χ0n) is 5.72. The van der Waals surface area contributed by atoms with Crippen molar-refractivity contribution in [3.05, 3.63) is 12.2 Å². The van der Waals surface area contributed by atoms with Gasteiger partial charge in [-0.3, -0.25) is 5.10 Å². The van der Waals surface area contributed by atoms with Crippen LogP contribution in [0.5, 0.6) is 0 Å². The number of aromatic amines is 1. The highest BCUT2D eigenvalue weighted by atomic mass is 19.3. The van der Waals surface area contributed by atoms with Crippen LogP contribution in [0.4, 0.5) is 8.78 Å². The molecule has 1 N–H and O–H groups in total. The van der Waals surface area contributed by atoms with Gasteiger partial charge in [-0.25, -0.2) is 13.8 Å². The van der Waals surface area contributed by atoms with Crippen LogP contribution in [-0.2, 0) is 0 Å². The number of hydrogen-bond acceptors (Lipinski definition) is 2. The van der Waals surface area contributed by atoms with E-state index in [2.05, 4.69) is 15.2 Å². The fourth-order valence-electron chi connectivity index (χ4n) is 1.27. The van der Waals surface area contributed by atoms with Crippen molar-refractivity contribution in [1.82, 2.24) is 15.2 Å². The van der Waals surface area contributed by atoms with Gasteiger partial charge in [-0.1, -0.05) is 0 Å². The summed E-state index contributed by atoms with van der Waals surface area (Å²) in [4.78, 5) is 3.80. The van der Waals surface area contributed by atoms with Gasteiger partial charge in [0.05, 0.1) is 0 Å². The molecule has 2 rings (SSSR count). The summed E-state index contributed by atoms with van der Waals surface area (Å²) < 4.78 is 24.6. The van der Waals surface area contributed by atoms with E-state index in [4.69, 9.17) is 0 Å². The summed E-state index contributed by atoms with van der Waals surface area (Å²) in [6, 6.07) is 0. The van der Waals surface area contributed by atoms with E-state index < -0.39 is 5.92 Å². The van der Waals surface area contributed by atoms with Crippen LogP contribution in [0.3, 0.4) is 0 Å².